The Hall–Kier alpha value is -2.89. The minimum absolute atomic E-state index is 0.00450. The molecule has 0 spiro atoms. The van der Waals surface area contributed by atoms with Crippen LogP contribution in [0.25, 0.3) is 11.6 Å². The third-order valence-electron chi connectivity index (χ3n) is 3.54. The molecule has 6 nitrogen and oxygen atoms in total. The topological polar surface area (TPSA) is 77.4 Å². The smallest absolute Gasteiger partial charge is 0.238 e. The molecule has 0 saturated heterocycles. The van der Waals surface area contributed by atoms with E-state index in [-0.39, 0.29) is 5.88 Å². The molecule has 2 aromatic heterocycles. The van der Waals surface area contributed by atoms with Crippen LogP contribution in [0.5, 0.6) is 5.88 Å². The van der Waals surface area contributed by atoms with Gasteiger partial charge in [-0.25, -0.2) is 9.98 Å². The molecule has 2 aliphatic heterocycles. The molecule has 0 aliphatic carbocycles. The van der Waals surface area contributed by atoms with Crippen LogP contribution in [0, 0.1) is 0 Å². The Bertz CT molecular complexity index is 779. The van der Waals surface area contributed by atoms with Crippen LogP contribution in [-0.2, 0) is 0 Å². The number of hydrogen-bond acceptors (Lipinski definition) is 5. The van der Waals surface area contributed by atoms with Gasteiger partial charge in [-0.3, -0.25) is 0 Å². The molecule has 0 bridgehead atoms. The first-order valence-corrected chi connectivity index (χ1v) is 6.71. The average molecular weight is 279 g/mol. The van der Waals surface area contributed by atoms with Crippen molar-refractivity contribution >= 4 is 29.6 Å². The molecular formula is C15H13N5O. The second-order valence-corrected chi connectivity index (χ2v) is 4.91. The zero-order valence-corrected chi connectivity index (χ0v) is 11.2. The third kappa shape index (κ3) is 2.01. The number of nitrogens with zero attached hydrogens (tertiary/aromatic N) is 4. The fourth-order valence-electron chi connectivity index (χ4n) is 2.46. The van der Waals surface area contributed by atoms with Gasteiger partial charge in [-0.2, -0.15) is 4.98 Å². The number of rotatable bonds is 2. The molecule has 2 N–H and O–H groups in total. The standard InChI is InChI=1S/C15H13N5O/c21-14-12(18-15(19-14)20-6-1-2-7-20)8-10-9-17-13-11(10)4-3-5-16-13/h1-5,8-9,21H,6-7H2,(H,18,19). The molecule has 6 heteroatoms. The van der Waals surface area contributed by atoms with Gasteiger partial charge >= 0.3 is 0 Å². The maximum atomic E-state index is 10.0. The number of allylic oxidation sites excluding steroid dienone is 1. The van der Waals surface area contributed by atoms with Gasteiger partial charge in [0.25, 0.3) is 0 Å². The number of imidazole rings is 1. The monoisotopic (exact) mass is 279 g/mol. The van der Waals surface area contributed by atoms with Crippen molar-refractivity contribution in [2.24, 2.45) is 4.99 Å². The van der Waals surface area contributed by atoms with Crippen LogP contribution in [0.4, 0.5) is 11.8 Å². The van der Waals surface area contributed by atoms with Gasteiger partial charge in [0.1, 0.15) is 5.69 Å². The summed E-state index contributed by atoms with van der Waals surface area (Å²) in [4.78, 5) is 17.8. The zero-order valence-electron chi connectivity index (χ0n) is 11.2. The van der Waals surface area contributed by atoms with Crippen molar-refractivity contribution in [2.45, 2.75) is 0 Å². The lowest BCUT2D eigenvalue weighted by molar-refractivity contribution is 0.455. The van der Waals surface area contributed by atoms with E-state index in [2.05, 4.69) is 32.1 Å². The number of fused-ring (bicyclic) bond motifs is 1. The van der Waals surface area contributed by atoms with E-state index in [0.717, 1.165) is 24.2 Å². The van der Waals surface area contributed by atoms with E-state index in [1.165, 1.54) is 0 Å². The number of H-pyrrole nitrogens is 1. The van der Waals surface area contributed by atoms with Gasteiger partial charge in [0.05, 0.1) is 0 Å². The molecular weight excluding hydrogens is 266 g/mol. The van der Waals surface area contributed by atoms with E-state index < -0.39 is 0 Å². The number of aromatic hydroxyl groups is 1. The summed E-state index contributed by atoms with van der Waals surface area (Å²) < 4.78 is 0. The lowest BCUT2D eigenvalue weighted by Gasteiger charge is -2.12. The summed E-state index contributed by atoms with van der Waals surface area (Å²) in [6.45, 7) is 1.61. The van der Waals surface area contributed by atoms with Crippen molar-refractivity contribution in [3.63, 3.8) is 0 Å². The minimum Gasteiger partial charge on any atom is -0.492 e. The van der Waals surface area contributed by atoms with E-state index in [1.54, 1.807) is 12.4 Å². The van der Waals surface area contributed by atoms with Gasteiger partial charge in [0, 0.05) is 36.6 Å². The van der Waals surface area contributed by atoms with Gasteiger partial charge in [0.2, 0.25) is 11.8 Å². The first-order chi connectivity index (χ1) is 10.3. The lowest BCUT2D eigenvalue weighted by Crippen LogP contribution is -2.19. The quantitative estimate of drug-likeness (QED) is 0.826. The maximum absolute atomic E-state index is 10.0. The van der Waals surface area contributed by atoms with Crippen molar-refractivity contribution < 1.29 is 5.11 Å². The largest absolute Gasteiger partial charge is 0.492 e. The molecule has 0 amide bonds. The SMILES string of the molecule is Oc1nc(N2CC=CC2)[nH]c1C=C1C=Nc2ncccc21. The number of aromatic nitrogens is 3. The third-order valence-corrected chi connectivity index (χ3v) is 3.54. The molecule has 2 aliphatic rings. The Labute approximate surface area is 121 Å². The molecule has 104 valence electrons. The molecule has 4 rings (SSSR count). The van der Waals surface area contributed by atoms with Crippen LogP contribution in [0.1, 0.15) is 11.3 Å². The molecule has 0 saturated carbocycles. The van der Waals surface area contributed by atoms with Crippen molar-refractivity contribution in [3.8, 4) is 5.88 Å². The Kier molecular flexibility index (Phi) is 2.60. The first kappa shape index (κ1) is 11.9. The van der Waals surface area contributed by atoms with Gasteiger partial charge in [-0.1, -0.05) is 12.2 Å². The van der Waals surface area contributed by atoms with Crippen LogP contribution in [0.15, 0.2) is 35.5 Å². The fraction of sp³-hybridized carbons (Fsp3) is 0.133. The highest BCUT2D eigenvalue weighted by atomic mass is 16.3. The van der Waals surface area contributed by atoms with E-state index in [9.17, 15) is 5.11 Å². The van der Waals surface area contributed by atoms with Crippen LogP contribution in [0.3, 0.4) is 0 Å². The number of pyridine rings is 1. The summed E-state index contributed by atoms with van der Waals surface area (Å²) in [6, 6.07) is 3.83. The summed E-state index contributed by atoms with van der Waals surface area (Å²) in [5.41, 5.74) is 2.44. The van der Waals surface area contributed by atoms with Gasteiger partial charge < -0.3 is 15.0 Å². The Morgan fingerprint density at radius 1 is 1.29 bits per heavy atom. The van der Waals surface area contributed by atoms with Gasteiger partial charge in [-0.15, -0.1) is 0 Å². The second kappa shape index (κ2) is 4.59. The Balaban J connectivity index is 1.69. The number of hydrogen-bond donors (Lipinski definition) is 2. The molecule has 0 radical (unpaired) electrons. The number of anilines is 1. The molecule has 4 heterocycles. The molecule has 0 fully saturated rings. The van der Waals surface area contributed by atoms with Crippen LogP contribution in [-0.4, -0.2) is 39.4 Å². The highest BCUT2D eigenvalue weighted by molar-refractivity contribution is 6.20. The number of nitrogens with one attached hydrogen (secondary N) is 1. The van der Waals surface area contributed by atoms with Crippen molar-refractivity contribution in [1.82, 2.24) is 15.0 Å². The van der Waals surface area contributed by atoms with E-state index >= 15 is 0 Å². The summed E-state index contributed by atoms with van der Waals surface area (Å²) in [7, 11) is 0. The number of aromatic amines is 1. The normalized spacial score (nSPS) is 17.9. The Morgan fingerprint density at radius 2 is 2.14 bits per heavy atom. The number of aliphatic imine (C=N–C) groups is 1. The van der Waals surface area contributed by atoms with Gasteiger partial charge in [0.15, 0.2) is 5.82 Å². The van der Waals surface area contributed by atoms with Crippen molar-refractivity contribution in [1.29, 1.82) is 0 Å². The lowest BCUT2D eigenvalue weighted by atomic mass is 10.1. The van der Waals surface area contributed by atoms with Crippen LogP contribution < -0.4 is 4.90 Å². The summed E-state index contributed by atoms with van der Waals surface area (Å²) in [5, 5.41) is 10.0. The average Bonchev–Trinajstić information content (AvgIpc) is 3.21. The van der Waals surface area contributed by atoms with E-state index in [0.29, 0.717) is 17.5 Å². The fourth-order valence-corrected chi connectivity index (χ4v) is 2.46. The molecule has 2 aromatic rings. The first-order valence-electron chi connectivity index (χ1n) is 6.71. The summed E-state index contributed by atoms with van der Waals surface area (Å²) >= 11 is 0. The maximum Gasteiger partial charge on any atom is 0.238 e. The summed E-state index contributed by atoms with van der Waals surface area (Å²) in [5.74, 6) is 1.37. The van der Waals surface area contributed by atoms with E-state index in [4.69, 9.17) is 0 Å². The van der Waals surface area contributed by atoms with Crippen LogP contribution in [0.2, 0.25) is 0 Å². The molecule has 0 atom stereocenters. The van der Waals surface area contributed by atoms with Crippen LogP contribution >= 0.6 is 0 Å². The molecule has 0 unspecified atom stereocenters. The summed E-state index contributed by atoms with van der Waals surface area (Å²) in [6.07, 6.45) is 9.44. The zero-order chi connectivity index (χ0) is 14.2. The highest BCUT2D eigenvalue weighted by Crippen LogP contribution is 2.32. The molecule has 0 aromatic carbocycles. The minimum atomic E-state index is -0.00450. The Morgan fingerprint density at radius 3 is 3.00 bits per heavy atom. The predicted octanol–water partition coefficient (Wildman–Crippen LogP) is 2.14. The van der Waals surface area contributed by atoms with Crippen molar-refractivity contribution in [2.75, 3.05) is 18.0 Å². The van der Waals surface area contributed by atoms with Gasteiger partial charge in [-0.05, 0) is 18.2 Å². The second-order valence-electron chi connectivity index (χ2n) is 4.91. The predicted molar refractivity (Wildman–Crippen MR) is 81.9 cm³/mol. The van der Waals surface area contributed by atoms with Crippen molar-refractivity contribution in [3.05, 3.63) is 41.7 Å². The van der Waals surface area contributed by atoms with E-state index in [1.807, 2.05) is 23.1 Å². The molecule has 21 heavy (non-hydrogen) atoms. The highest BCUT2D eigenvalue weighted by Gasteiger charge is 2.17.